The normalized spacial score (nSPS) is 22.7. The number of rotatable bonds is 3. The number of hydrogen-bond donors (Lipinski definition) is 1. The van der Waals surface area contributed by atoms with Gasteiger partial charge in [0.1, 0.15) is 0 Å². The van der Waals surface area contributed by atoms with Crippen molar-refractivity contribution in [3.63, 3.8) is 0 Å². The number of halogens is 1. The third kappa shape index (κ3) is 3.17. The van der Waals surface area contributed by atoms with Crippen LogP contribution >= 0.6 is 11.6 Å². The number of piperidine rings is 1. The summed E-state index contributed by atoms with van der Waals surface area (Å²) < 4.78 is 26.8. The molecule has 1 aromatic rings. The Kier molecular flexibility index (Phi) is 4.74. The van der Waals surface area contributed by atoms with E-state index in [4.69, 9.17) is 17.3 Å². The largest absolute Gasteiger partial charge is 0.328 e. The van der Waals surface area contributed by atoms with Crippen molar-refractivity contribution in [2.24, 2.45) is 11.7 Å². The molecule has 2 unspecified atom stereocenters. The second kappa shape index (κ2) is 6.02. The molecule has 1 heterocycles. The summed E-state index contributed by atoms with van der Waals surface area (Å²) in [6.07, 6.45) is 1.84. The lowest BCUT2D eigenvalue weighted by Crippen LogP contribution is -2.44. The van der Waals surface area contributed by atoms with Gasteiger partial charge < -0.3 is 5.73 Å². The molecule has 0 saturated carbocycles. The zero-order valence-electron chi connectivity index (χ0n) is 11.8. The maximum atomic E-state index is 12.6. The molecule has 1 aliphatic heterocycles. The number of aryl methyl sites for hydroxylation is 1. The lowest BCUT2D eigenvalue weighted by molar-refractivity contribution is 0.243. The summed E-state index contributed by atoms with van der Waals surface area (Å²) in [5.41, 5.74) is 6.79. The van der Waals surface area contributed by atoms with Crippen LogP contribution in [0.3, 0.4) is 0 Å². The average molecular weight is 317 g/mol. The van der Waals surface area contributed by atoms with Crippen molar-refractivity contribution < 1.29 is 8.42 Å². The van der Waals surface area contributed by atoms with E-state index >= 15 is 0 Å². The Balaban J connectivity index is 2.27. The minimum absolute atomic E-state index is 0.00889. The summed E-state index contributed by atoms with van der Waals surface area (Å²) >= 11 is 6.03. The van der Waals surface area contributed by atoms with Crippen LogP contribution in [0.5, 0.6) is 0 Å². The van der Waals surface area contributed by atoms with E-state index in [-0.39, 0.29) is 16.9 Å². The summed E-state index contributed by atoms with van der Waals surface area (Å²) in [5, 5.41) is 0.479. The molecule has 2 atom stereocenters. The molecule has 1 saturated heterocycles. The smallest absolute Gasteiger partial charge is 0.243 e. The first-order valence-corrected chi connectivity index (χ1v) is 8.66. The topological polar surface area (TPSA) is 63.4 Å². The first-order valence-electron chi connectivity index (χ1n) is 6.84. The highest BCUT2D eigenvalue weighted by Crippen LogP contribution is 2.27. The minimum atomic E-state index is -3.47. The summed E-state index contributed by atoms with van der Waals surface area (Å²) in [4.78, 5) is 0.262. The number of hydrogen-bond acceptors (Lipinski definition) is 3. The third-order valence-corrected chi connectivity index (χ3v) is 6.21. The molecule has 20 heavy (non-hydrogen) atoms. The predicted octanol–water partition coefficient (Wildman–Crippen LogP) is 2.40. The minimum Gasteiger partial charge on any atom is -0.328 e. The van der Waals surface area contributed by atoms with Crippen LogP contribution in [0.4, 0.5) is 0 Å². The molecular weight excluding hydrogens is 296 g/mol. The average Bonchev–Trinajstić information content (AvgIpc) is 2.42. The Morgan fingerprint density at radius 1 is 1.45 bits per heavy atom. The van der Waals surface area contributed by atoms with E-state index in [9.17, 15) is 8.42 Å². The van der Waals surface area contributed by atoms with Gasteiger partial charge in [0.15, 0.2) is 0 Å². The van der Waals surface area contributed by atoms with Crippen molar-refractivity contribution in [1.82, 2.24) is 4.31 Å². The SMILES string of the molecule is Cc1ccc(S(=O)(=O)N2CCCC(C(C)N)C2)cc1Cl. The maximum Gasteiger partial charge on any atom is 0.243 e. The van der Waals surface area contributed by atoms with E-state index in [0.717, 1.165) is 18.4 Å². The highest BCUT2D eigenvalue weighted by Gasteiger charge is 2.31. The third-order valence-electron chi connectivity index (χ3n) is 3.95. The van der Waals surface area contributed by atoms with E-state index in [1.807, 2.05) is 13.8 Å². The van der Waals surface area contributed by atoms with E-state index in [1.165, 1.54) is 10.4 Å². The molecule has 4 nitrogen and oxygen atoms in total. The van der Waals surface area contributed by atoms with Crippen LogP contribution < -0.4 is 5.73 Å². The van der Waals surface area contributed by atoms with Crippen LogP contribution in [0, 0.1) is 12.8 Å². The highest BCUT2D eigenvalue weighted by molar-refractivity contribution is 7.89. The predicted molar refractivity (Wildman–Crippen MR) is 81.3 cm³/mol. The second-order valence-electron chi connectivity index (χ2n) is 5.54. The van der Waals surface area contributed by atoms with Gasteiger partial charge in [-0.15, -0.1) is 0 Å². The number of sulfonamides is 1. The first kappa shape index (κ1) is 15.8. The maximum absolute atomic E-state index is 12.6. The molecule has 2 N–H and O–H groups in total. The summed E-state index contributed by atoms with van der Waals surface area (Å²) in [7, 11) is -3.47. The van der Waals surface area contributed by atoms with Crippen molar-refractivity contribution in [1.29, 1.82) is 0 Å². The van der Waals surface area contributed by atoms with E-state index in [1.54, 1.807) is 12.1 Å². The molecule has 0 aromatic heterocycles. The Labute approximate surface area is 126 Å². The van der Waals surface area contributed by atoms with Gasteiger partial charge >= 0.3 is 0 Å². The number of nitrogens with two attached hydrogens (primary N) is 1. The zero-order valence-corrected chi connectivity index (χ0v) is 13.4. The van der Waals surface area contributed by atoms with Crippen LogP contribution in [0.15, 0.2) is 23.1 Å². The van der Waals surface area contributed by atoms with Crippen LogP contribution in [-0.4, -0.2) is 31.9 Å². The zero-order chi connectivity index (χ0) is 14.9. The van der Waals surface area contributed by atoms with Gasteiger partial charge in [-0.2, -0.15) is 4.31 Å². The molecular formula is C14H21ClN2O2S. The summed E-state index contributed by atoms with van der Waals surface area (Å²) in [6, 6.07) is 4.89. The molecule has 0 aliphatic carbocycles. The lowest BCUT2D eigenvalue weighted by Gasteiger charge is -2.33. The number of nitrogens with zero attached hydrogens (tertiary/aromatic N) is 1. The highest BCUT2D eigenvalue weighted by atomic mass is 35.5. The molecule has 1 aliphatic rings. The molecule has 0 amide bonds. The van der Waals surface area contributed by atoms with E-state index in [2.05, 4.69) is 0 Å². The van der Waals surface area contributed by atoms with Crippen LogP contribution in [-0.2, 0) is 10.0 Å². The van der Waals surface area contributed by atoms with Gasteiger partial charge in [0.2, 0.25) is 10.0 Å². The van der Waals surface area contributed by atoms with Gasteiger partial charge in [-0.1, -0.05) is 17.7 Å². The number of benzene rings is 1. The Morgan fingerprint density at radius 2 is 2.15 bits per heavy atom. The standard InChI is InChI=1S/C14H21ClN2O2S/c1-10-5-6-13(8-14(10)15)20(18,19)17-7-3-4-12(9-17)11(2)16/h5-6,8,11-12H,3-4,7,9,16H2,1-2H3. The van der Waals surface area contributed by atoms with Crippen molar-refractivity contribution in [2.45, 2.75) is 37.6 Å². The van der Waals surface area contributed by atoms with Crippen LogP contribution in [0.25, 0.3) is 0 Å². The quantitative estimate of drug-likeness (QED) is 0.931. The summed E-state index contributed by atoms with van der Waals surface area (Å²) in [6.45, 7) is 4.83. The Morgan fingerprint density at radius 3 is 2.75 bits per heavy atom. The summed E-state index contributed by atoms with van der Waals surface area (Å²) in [5.74, 6) is 0.222. The fourth-order valence-electron chi connectivity index (χ4n) is 2.50. The molecule has 1 fully saturated rings. The van der Waals surface area contributed by atoms with Crippen LogP contribution in [0.2, 0.25) is 5.02 Å². The van der Waals surface area contributed by atoms with Crippen molar-refractivity contribution in [2.75, 3.05) is 13.1 Å². The fourth-order valence-corrected chi connectivity index (χ4v) is 4.31. The van der Waals surface area contributed by atoms with Crippen molar-refractivity contribution in [3.05, 3.63) is 28.8 Å². The molecule has 0 radical (unpaired) electrons. The Hall–Kier alpha value is -0.620. The van der Waals surface area contributed by atoms with Crippen molar-refractivity contribution >= 4 is 21.6 Å². The van der Waals surface area contributed by atoms with Gasteiger partial charge in [-0.05, 0) is 50.3 Å². The van der Waals surface area contributed by atoms with Crippen molar-refractivity contribution in [3.8, 4) is 0 Å². The first-order chi connectivity index (χ1) is 9.32. The molecule has 2 rings (SSSR count). The molecule has 1 aromatic carbocycles. The van der Waals surface area contributed by atoms with Gasteiger partial charge in [0, 0.05) is 24.2 Å². The monoisotopic (exact) mass is 316 g/mol. The fraction of sp³-hybridized carbons (Fsp3) is 0.571. The van der Waals surface area contributed by atoms with Gasteiger partial charge in [-0.25, -0.2) is 8.42 Å². The van der Waals surface area contributed by atoms with E-state index in [0.29, 0.717) is 18.1 Å². The van der Waals surface area contributed by atoms with E-state index < -0.39 is 10.0 Å². The van der Waals surface area contributed by atoms with Gasteiger partial charge in [-0.3, -0.25) is 0 Å². The Bertz CT molecular complexity index is 587. The molecule has 0 spiro atoms. The molecule has 112 valence electrons. The van der Waals surface area contributed by atoms with Gasteiger partial charge in [0.25, 0.3) is 0 Å². The molecule has 0 bridgehead atoms. The lowest BCUT2D eigenvalue weighted by atomic mass is 9.93. The van der Waals surface area contributed by atoms with Crippen LogP contribution in [0.1, 0.15) is 25.3 Å². The molecule has 6 heteroatoms. The van der Waals surface area contributed by atoms with Gasteiger partial charge in [0.05, 0.1) is 4.90 Å². The second-order valence-corrected chi connectivity index (χ2v) is 7.88.